The van der Waals surface area contributed by atoms with Gasteiger partial charge >= 0.3 is 0 Å². The average Bonchev–Trinajstić information content (AvgIpc) is 2.92. The monoisotopic (exact) mass is 294 g/mol. The van der Waals surface area contributed by atoms with Gasteiger partial charge < -0.3 is 10.3 Å². The van der Waals surface area contributed by atoms with Crippen molar-refractivity contribution in [3.63, 3.8) is 0 Å². The molecular formula is C13H18N4O2S. The molecule has 2 rings (SSSR count). The highest BCUT2D eigenvalue weighted by atomic mass is 32.2. The van der Waals surface area contributed by atoms with Crippen LogP contribution in [0.3, 0.4) is 0 Å². The molecule has 0 saturated heterocycles. The lowest BCUT2D eigenvalue weighted by atomic mass is 10.1. The molecular weight excluding hydrogens is 276 g/mol. The fourth-order valence-electron chi connectivity index (χ4n) is 1.96. The molecule has 108 valence electrons. The van der Waals surface area contributed by atoms with E-state index >= 15 is 0 Å². The molecule has 0 spiro atoms. The molecule has 0 bridgehead atoms. The number of hydrogen-bond acceptors (Lipinski definition) is 4. The van der Waals surface area contributed by atoms with Crippen LogP contribution in [-0.2, 0) is 23.1 Å². The second-order valence-electron chi connectivity index (χ2n) is 4.47. The summed E-state index contributed by atoms with van der Waals surface area (Å²) in [5.41, 5.74) is 2.45. The van der Waals surface area contributed by atoms with E-state index in [2.05, 4.69) is 20.0 Å². The van der Waals surface area contributed by atoms with Gasteiger partial charge in [-0.2, -0.15) is 0 Å². The first-order valence-electron chi connectivity index (χ1n) is 6.24. The van der Waals surface area contributed by atoms with E-state index in [0.29, 0.717) is 11.4 Å². The van der Waals surface area contributed by atoms with Crippen molar-refractivity contribution in [1.29, 1.82) is 0 Å². The highest BCUT2D eigenvalue weighted by Gasteiger charge is 2.18. The van der Waals surface area contributed by atoms with Crippen LogP contribution in [0.2, 0.25) is 0 Å². The number of H-pyrrole nitrogens is 1. The number of nitrogens with one attached hydrogen (secondary N) is 3. The molecule has 0 amide bonds. The first-order chi connectivity index (χ1) is 9.54. The number of aromatic amines is 1. The number of sulfonamides is 1. The smallest absolute Gasteiger partial charge is 0.241 e. The van der Waals surface area contributed by atoms with Gasteiger partial charge in [0, 0.05) is 18.4 Å². The molecule has 0 fully saturated rings. The molecule has 1 heterocycles. The Morgan fingerprint density at radius 1 is 1.30 bits per heavy atom. The number of rotatable bonds is 6. The normalized spacial score (nSPS) is 11.7. The first kappa shape index (κ1) is 14.7. The van der Waals surface area contributed by atoms with Crippen molar-refractivity contribution in [2.24, 2.45) is 0 Å². The van der Waals surface area contributed by atoms with Gasteiger partial charge in [-0.1, -0.05) is 12.1 Å². The third-order valence-electron chi connectivity index (χ3n) is 3.06. The Morgan fingerprint density at radius 3 is 2.75 bits per heavy atom. The van der Waals surface area contributed by atoms with E-state index in [9.17, 15) is 8.42 Å². The van der Waals surface area contributed by atoms with Crippen LogP contribution in [-0.4, -0.2) is 25.4 Å². The number of nitrogens with zero attached hydrogens (tertiary/aromatic N) is 1. The molecule has 3 N–H and O–H groups in total. The summed E-state index contributed by atoms with van der Waals surface area (Å²) in [6.45, 7) is 2.64. The fraction of sp³-hybridized carbons (Fsp3) is 0.308. The SMILES string of the molecule is CNCc1cccc(S(=O)(=O)NCc2cnc[nH]2)c1C. The number of aromatic nitrogens is 2. The molecule has 0 aliphatic rings. The highest BCUT2D eigenvalue weighted by molar-refractivity contribution is 7.89. The van der Waals surface area contributed by atoms with Crippen LogP contribution in [0.1, 0.15) is 16.8 Å². The molecule has 1 aromatic heterocycles. The van der Waals surface area contributed by atoms with Crippen molar-refractivity contribution in [1.82, 2.24) is 20.0 Å². The average molecular weight is 294 g/mol. The summed E-state index contributed by atoms with van der Waals surface area (Å²) in [4.78, 5) is 7.02. The lowest BCUT2D eigenvalue weighted by molar-refractivity contribution is 0.579. The van der Waals surface area contributed by atoms with Gasteiger partial charge in [-0.25, -0.2) is 18.1 Å². The van der Waals surface area contributed by atoms with Crippen molar-refractivity contribution in [3.8, 4) is 0 Å². The molecule has 0 radical (unpaired) electrons. The molecule has 2 aromatic rings. The Morgan fingerprint density at radius 2 is 2.10 bits per heavy atom. The molecule has 0 aliphatic carbocycles. The van der Waals surface area contributed by atoms with Gasteiger partial charge in [0.1, 0.15) is 0 Å². The van der Waals surface area contributed by atoms with Crippen molar-refractivity contribution in [3.05, 3.63) is 47.5 Å². The fourth-order valence-corrected chi connectivity index (χ4v) is 3.26. The number of benzene rings is 1. The second kappa shape index (κ2) is 6.17. The van der Waals surface area contributed by atoms with Gasteiger partial charge in [-0.05, 0) is 31.2 Å². The van der Waals surface area contributed by atoms with E-state index in [1.807, 2.05) is 20.0 Å². The van der Waals surface area contributed by atoms with Gasteiger partial charge in [0.05, 0.1) is 17.8 Å². The van der Waals surface area contributed by atoms with Crippen molar-refractivity contribution >= 4 is 10.0 Å². The minimum Gasteiger partial charge on any atom is -0.347 e. The molecule has 0 unspecified atom stereocenters. The summed E-state index contributed by atoms with van der Waals surface area (Å²) in [5.74, 6) is 0. The molecule has 20 heavy (non-hydrogen) atoms. The van der Waals surface area contributed by atoms with E-state index in [1.165, 1.54) is 6.33 Å². The van der Waals surface area contributed by atoms with Crippen LogP contribution in [0.25, 0.3) is 0 Å². The maximum Gasteiger partial charge on any atom is 0.241 e. The molecule has 7 heteroatoms. The van der Waals surface area contributed by atoms with Crippen LogP contribution in [0.4, 0.5) is 0 Å². The van der Waals surface area contributed by atoms with E-state index in [-0.39, 0.29) is 6.54 Å². The Hall–Kier alpha value is -1.70. The maximum absolute atomic E-state index is 12.3. The van der Waals surface area contributed by atoms with Crippen LogP contribution in [0.15, 0.2) is 35.6 Å². The molecule has 0 aliphatic heterocycles. The van der Waals surface area contributed by atoms with Gasteiger partial charge in [0.2, 0.25) is 10.0 Å². The summed E-state index contributed by atoms with van der Waals surface area (Å²) in [6.07, 6.45) is 3.11. The van der Waals surface area contributed by atoms with Gasteiger partial charge in [0.15, 0.2) is 0 Å². The molecule has 0 saturated carbocycles. The van der Waals surface area contributed by atoms with Crippen LogP contribution in [0.5, 0.6) is 0 Å². The Bertz CT molecular complexity index is 666. The van der Waals surface area contributed by atoms with E-state index in [4.69, 9.17) is 0 Å². The lowest BCUT2D eigenvalue weighted by Gasteiger charge is -2.12. The van der Waals surface area contributed by atoms with Crippen molar-refractivity contribution in [2.75, 3.05) is 7.05 Å². The summed E-state index contributed by atoms with van der Waals surface area (Å²) >= 11 is 0. The van der Waals surface area contributed by atoms with Crippen LogP contribution < -0.4 is 10.0 Å². The zero-order valence-electron chi connectivity index (χ0n) is 11.5. The first-order valence-corrected chi connectivity index (χ1v) is 7.73. The zero-order chi connectivity index (χ0) is 14.6. The van der Waals surface area contributed by atoms with Crippen LogP contribution in [0, 0.1) is 6.92 Å². The maximum atomic E-state index is 12.3. The topological polar surface area (TPSA) is 86.9 Å². The Balaban J connectivity index is 2.23. The predicted octanol–water partition coefficient (Wildman–Crippen LogP) is 0.916. The number of imidazole rings is 1. The summed E-state index contributed by atoms with van der Waals surface area (Å²) in [7, 11) is -1.70. The second-order valence-corrected chi connectivity index (χ2v) is 6.21. The molecule has 6 nitrogen and oxygen atoms in total. The molecule has 1 aromatic carbocycles. The van der Waals surface area contributed by atoms with Crippen LogP contribution >= 0.6 is 0 Å². The van der Waals surface area contributed by atoms with Gasteiger partial charge in [-0.15, -0.1) is 0 Å². The van der Waals surface area contributed by atoms with E-state index < -0.39 is 10.0 Å². The van der Waals surface area contributed by atoms with Crippen molar-refractivity contribution in [2.45, 2.75) is 24.9 Å². The predicted molar refractivity (Wildman–Crippen MR) is 76.6 cm³/mol. The summed E-state index contributed by atoms with van der Waals surface area (Å²) < 4.78 is 27.2. The Kier molecular flexibility index (Phi) is 4.53. The number of hydrogen-bond donors (Lipinski definition) is 3. The van der Waals surface area contributed by atoms with E-state index in [1.54, 1.807) is 18.3 Å². The third-order valence-corrected chi connectivity index (χ3v) is 4.61. The minimum atomic E-state index is -3.53. The lowest BCUT2D eigenvalue weighted by Crippen LogP contribution is -2.24. The minimum absolute atomic E-state index is 0.192. The summed E-state index contributed by atoms with van der Waals surface area (Å²) in [5, 5.41) is 3.03. The standard InChI is InChI=1S/C13H18N4O2S/c1-10-11(6-14-2)4-3-5-13(10)20(18,19)17-8-12-7-15-9-16-12/h3-5,7,9,14,17H,6,8H2,1-2H3,(H,15,16). The molecule has 0 atom stereocenters. The van der Waals surface area contributed by atoms with Crippen molar-refractivity contribution < 1.29 is 8.42 Å². The third kappa shape index (κ3) is 3.24. The largest absolute Gasteiger partial charge is 0.347 e. The van der Waals surface area contributed by atoms with Gasteiger partial charge in [-0.3, -0.25) is 0 Å². The quantitative estimate of drug-likeness (QED) is 0.739. The Labute approximate surface area is 118 Å². The zero-order valence-corrected chi connectivity index (χ0v) is 12.3. The highest BCUT2D eigenvalue weighted by Crippen LogP contribution is 2.19. The summed E-state index contributed by atoms with van der Waals surface area (Å²) in [6, 6.07) is 5.29. The van der Waals surface area contributed by atoms with E-state index in [0.717, 1.165) is 16.8 Å². The van der Waals surface area contributed by atoms with Gasteiger partial charge in [0.25, 0.3) is 0 Å².